The Morgan fingerprint density at radius 1 is 1.00 bits per heavy atom. The van der Waals surface area contributed by atoms with Gasteiger partial charge in [0.25, 0.3) is 0 Å². The molecule has 1 heterocycles. The highest BCUT2D eigenvalue weighted by Gasteiger charge is 2.40. The van der Waals surface area contributed by atoms with E-state index in [2.05, 4.69) is 53.7 Å². The van der Waals surface area contributed by atoms with Gasteiger partial charge in [-0.2, -0.15) is 0 Å². The topological polar surface area (TPSA) is 76.0 Å². The summed E-state index contributed by atoms with van der Waals surface area (Å²) in [4.78, 5) is 12.9. The van der Waals surface area contributed by atoms with Crippen molar-refractivity contribution >= 4 is 5.97 Å². The van der Waals surface area contributed by atoms with Gasteiger partial charge < -0.3 is 19.7 Å². The molecule has 1 unspecified atom stereocenters. The molecule has 30 heavy (non-hydrogen) atoms. The van der Waals surface area contributed by atoms with Crippen molar-refractivity contribution in [2.75, 3.05) is 13.2 Å². The van der Waals surface area contributed by atoms with Crippen molar-refractivity contribution in [2.24, 2.45) is 0 Å². The van der Waals surface area contributed by atoms with Crippen molar-refractivity contribution < 1.29 is 24.5 Å². The quantitative estimate of drug-likeness (QED) is 0.576. The molecule has 0 spiro atoms. The number of aliphatic hydroxyl groups excluding tert-OH is 2. The predicted molar refractivity (Wildman–Crippen MR) is 116 cm³/mol. The molecule has 2 aromatic rings. The zero-order valence-corrected chi connectivity index (χ0v) is 18.6. The number of esters is 1. The molecule has 2 N–H and O–H groups in total. The van der Waals surface area contributed by atoms with Crippen LogP contribution in [0.3, 0.4) is 0 Å². The number of benzene rings is 2. The molecule has 0 amide bonds. The fourth-order valence-electron chi connectivity index (χ4n) is 3.40. The van der Waals surface area contributed by atoms with Crippen molar-refractivity contribution in [1.82, 2.24) is 0 Å². The summed E-state index contributed by atoms with van der Waals surface area (Å²) in [6.07, 6.45) is -0.928. The standard InChI is InChI=1S/C25H31O5/c1-24(2,3)16-11-19-21(23(28)30-22(19)20(12-16)25(4,5)6)15-7-9-18(10-8-15)29-14-17(27)13-26/h7-12,17,26-27H,13-14H2,1-6H3. The van der Waals surface area contributed by atoms with Gasteiger partial charge in [-0.3, -0.25) is 4.79 Å². The van der Waals surface area contributed by atoms with Gasteiger partial charge in [0.2, 0.25) is 0 Å². The molecule has 0 saturated carbocycles. The molecule has 1 aliphatic heterocycles. The number of fused-ring (bicyclic) bond motifs is 1. The lowest BCUT2D eigenvalue weighted by atomic mass is 9.77. The maximum atomic E-state index is 12.9. The zero-order valence-electron chi connectivity index (χ0n) is 18.6. The minimum atomic E-state index is -0.928. The van der Waals surface area contributed by atoms with Gasteiger partial charge in [-0.05, 0) is 40.2 Å². The number of hydrogen-bond acceptors (Lipinski definition) is 5. The second-order valence-electron chi connectivity index (χ2n) is 9.84. The van der Waals surface area contributed by atoms with Gasteiger partial charge in [0, 0.05) is 11.1 Å². The molecule has 0 aliphatic carbocycles. The van der Waals surface area contributed by atoms with Crippen LogP contribution >= 0.6 is 0 Å². The molecule has 0 aromatic heterocycles. The molecule has 5 heteroatoms. The molecule has 0 bridgehead atoms. The number of aliphatic hydroxyl groups is 2. The van der Waals surface area contributed by atoms with Gasteiger partial charge in [-0.25, -0.2) is 0 Å². The zero-order chi connectivity index (χ0) is 22.3. The van der Waals surface area contributed by atoms with E-state index in [4.69, 9.17) is 14.6 Å². The van der Waals surface area contributed by atoms with E-state index in [1.807, 2.05) is 12.1 Å². The summed E-state index contributed by atoms with van der Waals surface area (Å²) in [5, 5.41) is 18.3. The number of carbonyl (C=O) groups excluding carboxylic acids is 1. The van der Waals surface area contributed by atoms with Gasteiger partial charge in [-0.15, -0.1) is 0 Å². The van der Waals surface area contributed by atoms with Gasteiger partial charge in [0.05, 0.1) is 6.61 Å². The van der Waals surface area contributed by atoms with Gasteiger partial charge in [0.1, 0.15) is 30.1 Å². The number of carbonyl (C=O) groups is 1. The molecule has 2 aromatic carbocycles. The Kier molecular flexibility index (Phi) is 5.99. The summed E-state index contributed by atoms with van der Waals surface area (Å²) < 4.78 is 11.2. The van der Waals surface area contributed by atoms with Gasteiger partial charge in [0.15, 0.2) is 0 Å². The molecular weight excluding hydrogens is 380 g/mol. The number of hydrogen-bond donors (Lipinski definition) is 2. The Hall–Kier alpha value is -2.37. The summed E-state index contributed by atoms with van der Waals surface area (Å²) >= 11 is 0. The summed E-state index contributed by atoms with van der Waals surface area (Å²) in [7, 11) is 0. The van der Waals surface area contributed by atoms with Crippen LogP contribution in [0.2, 0.25) is 0 Å². The van der Waals surface area contributed by atoms with E-state index in [0.29, 0.717) is 17.4 Å². The number of rotatable bonds is 5. The first kappa shape index (κ1) is 22.3. The highest BCUT2D eigenvalue weighted by atomic mass is 16.5. The predicted octanol–water partition coefficient (Wildman–Crippen LogP) is 3.90. The van der Waals surface area contributed by atoms with E-state index < -0.39 is 6.10 Å². The Bertz CT molecular complexity index is 916. The SMILES string of the molecule is CC(C)(C)c1cc2c(c(C(C)(C)C)c1)OC(=O)[C]2c1ccc(OCC(O)CO)cc1. The maximum Gasteiger partial charge on any atom is 0.328 e. The first-order valence-corrected chi connectivity index (χ1v) is 10.2. The van der Waals surface area contributed by atoms with Crippen LogP contribution in [0, 0.1) is 5.92 Å². The molecule has 1 atom stereocenters. The summed E-state index contributed by atoms with van der Waals surface area (Å²) in [6.45, 7) is 12.5. The third-order valence-corrected chi connectivity index (χ3v) is 5.23. The molecule has 0 saturated heterocycles. The molecule has 1 aliphatic rings. The van der Waals surface area contributed by atoms with Crippen LogP contribution < -0.4 is 9.47 Å². The van der Waals surface area contributed by atoms with E-state index in [-0.39, 0.29) is 30.0 Å². The third kappa shape index (κ3) is 4.52. The highest BCUT2D eigenvalue weighted by molar-refractivity contribution is 6.01. The van der Waals surface area contributed by atoms with Crippen LogP contribution in [0.15, 0.2) is 36.4 Å². The minimum absolute atomic E-state index is 0.00117. The Morgan fingerprint density at radius 2 is 1.63 bits per heavy atom. The van der Waals surface area contributed by atoms with Crippen LogP contribution in [0.4, 0.5) is 0 Å². The monoisotopic (exact) mass is 411 g/mol. The lowest BCUT2D eigenvalue weighted by Crippen LogP contribution is -2.21. The second kappa shape index (κ2) is 8.05. The maximum absolute atomic E-state index is 12.9. The summed E-state index contributed by atoms with van der Waals surface area (Å²) in [5.41, 5.74) is 3.50. The van der Waals surface area contributed by atoms with Crippen molar-refractivity contribution in [3.05, 3.63) is 64.6 Å². The molecule has 0 fully saturated rings. The van der Waals surface area contributed by atoms with Crippen LogP contribution in [0.25, 0.3) is 0 Å². The van der Waals surface area contributed by atoms with E-state index in [1.54, 1.807) is 12.1 Å². The molecule has 1 radical (unpaired) electrons. The average molecular weight is 412 g/mol. The van der Waals surface area contributed by atoms with Crippen molar-refractivity contribution in [3.63, 3.8) is 0 Å². The lowest BCUT2D eigenvalue weighted by molar-refractivity contribution is -0.130. The Labute approximate surface area is 178 Å². The van der Waals surface area contributed by atoms with Crippen LogP contribution in [-0.2, 0) is 15.6 Å². The Balaban J connectivity index is 2.01. The van der Waals surface area contributed by atoms with Crippen LogP contribution in [-0.4, -0.2) is 35.5 Å². The molecule has 5 nitrogen and oxygen atoms in total. The summed E-state index contributed by atoms with van der Waals surface area (Å²) in [6, 6.07) is 11.3. The average Bonchev–Trinajstić information content (AvgIpc) is 2.99. The van der Waals surface area contributed by atoms with E-state index in [0.717, 1.165) is 22.3 Å². The van der Waals surface area contributed by atoms with E-state index in [9.17, 15) is 9.90 Å². The minimum Gasteiger partial charge on any atom is -0.491 e. The summed E-state index contributed by atoms with van der Waals surface area (Å²) in [5.74, 6) is 1.38. The molecule has 161 valence electrons. The van der Waals surface area contributed by atoms with E-state index >= 15 is 0 Å². The number of ether oxygens (including phenoxy) is 2. The first-order chi connectivity index (χ1) is 13.9. The molecule has 3 rings (SSSR count). The van der Waals surface area contributed by atoms with E-state index in [1.165, 1.54) is 0 Å². The van der Waals surface area contributed by atoms with Crippen molar-refractivity contribution in [2.45, 2.75) is 58.5 Å². The first-order valence-electron chi connectivity index (χ1n) is 10.2. The van der Waals surface area contributed by atoms with Crippen LogP contribution in [0.5, 0.6) is 11.5 Å². The van der Waals surface area contributed by atoms with Crippen LogP contribution in [0.1, 0.15) is 63.8 Å². The van der Waals surface area contributed by atoms with Gasteiger partial charge in [-0.1, -0.05) is 59.7 Å². The van der Waals surface area contributed by atoms with Crippen molar-refractivity contribution in [3.8, 4) is 11.5 Å². The fraction of sp³-hybridized carbons (Fsp3) is 0.440. The van der Waals surface area contributed by atoms with Crippen molar-refractivity contribution in [1.29, 1.82) is 0 Å². The largest absolute Gasteiger partial charge is 0.491 e. The lowest BCUT2D eigenvalue weighted by Gasteiger charge is -2.27. The third-order valence-electron chi connectivity index (χ3n) is 5.23. The smallest absolute Gasteiger partial charge is 0.328 e. The second-order valence-corrected chi connectivity index (χ2v) is 9.84. The molecular formula is C25H31O5. The normalized spacial score (nSPS) is 15.7. The highest BCUT2D eigenvalue weighted by Crippen LogP contribution is 2.46. The fourth-order valence-corrected chi connectivity index (χ4v) is 3.40. The van der Waals surface area contributed by atoms with Gasteiger partial charge >= 0.3 is 5.97 Å². The Morgan fingerprint density at radius 3 is 2.17 bits per heavy atom.